The molecule has 0 radical (unpaired) electrons. The van der Waals surface area contributed by atoms with Gasteiger partial charge in [-0.25, -0.2) is 4.39 Å². The third kappa shape index (κ3) is 2.99. The molecule has 5 N–H and O–H groups in total. The largest absolute Gasteiger partial charge is 0.466 e. The van der Waals surface area contributed by atoms with E-state index in [0.717, 1.165) is 23.2 Å². The van der Waals surface area contributed by atoms with Crippen molar-refractivity contribution in [2.45, 2.75) is 26.8 Å². The molecule has 0 aliphatic heterocycles. The van der Waals surface area contributed by atoms with Crippen LogP contribution in [0.4, 0.5) is 15.8 Å². The van der Waals surface area contributed by atoms with Gasteiger partial charge in [-0.05, 0) is 39.0 Å². The van der Waals surface area contributed by atoms with Gasteiger partial charge in [-0.15, -0.1) is 0 Å². The second-order valence-electron chi connectivity index (χ2n) is 5.02. The van der Waals surface area contributed by atoms with Gasteiger partial charge in [0, 0.05) is 11.3 Å². The van der Waals surface area contributed by atoms with E-state index in [1.807, 2.05) is 26.8 Å². The highest BCUT2D eigenvalue weighted by atomic mass is 19.1. The Hall–Kier alpha value is -2.50. The quantitative estimate of drug-likeness (QED) is 0.755. The molecule has 1 unspecified atom stereocenters. The fourth-order valence-electron chi connectivity index (χ4n) is 2.30. The lowest BCUT2D eigenvalue weighted by atomic mass is 10.1. The Balaban J connectivity index is 2.33. The molecule has 112 valence electrons. The van der Waals surface area contributed by atoms with Crippen molar-refractivity contribution in [3.05, 3.63) is 46.7 Å². The van der Waals surface area contributed by atoms with Gasteiger partial charge in [-0.2, -0.15) is 0 Å². The van der Waals surface area contributed by atoms with E-state index >= 15 is 0 Å². The maximum atomic E-state index is 14.0. The number of amides is 1. The SMILES string of the molecule is Cc1cc(C(C)Nc2cc(C(N)=O)c(N)cc2F)c(C)o1. The Kier molecular flexibility index (Phi) is 3.88. The summed E-state index contributed by atoms with van der Waals surface area (Å²) in [6.07, 6.45) is 0. The van der Waals surface area contributed by atoms with Crippen LogP contribution in [0.5, 0.6) is 0 Å². The van der Waals surface area contributed by atoms with Crippen molar-refractivity contribution in [2.24, 2.45) is 5.73 Å². The molecule has 0 saturated heterocycles. The molecule has 0 spiro atoms. The standard InChI is InChI=1S/C15H18FN3O2/c1-7-4-10(9(3)21-7)8(2)19-14-5-11(15(18)20)13(17)6-12(14)16/h4-6,8,19H,17H2,1-3H3,(H2,18,20). The molecule has 0 aliphatic rings. The molecule has 0 aliphatic carbocycles. The van der Waals surface area contributed by atoms with Crippen LogP contribution >= 0.6 is 0 Å². The molecule has 1 aromatic heterocycles. The molecule has 5 nitrogen and oxygen atoms in total. The smallest absolute Gasteiger partial charge is 0.250 e. The fraction of sp³-hybridized carbons (Fsp3) is 0.267. The average molecular weight is 291 g/mol. The van der Waals surface area contributed by atoms with E-state index in [-0.39, 0.29) is 23.0 Å². The number of furan rings is 1. The maximum absolute atomic E-state index is 14.0. The summed E-state index contributed by atoms with van der Waals surface area (Å²) < 4.78 is 19.4. The summed E-state index contributed by atoms with van der Waals surface area (Å²) in [5.74, 6) is 0.311. The van der Waals surface area contributed by atoms with Crippen molar-refractivity contribution in [1.29, 1.82) is 0 Å². The second kappa shape index (κ2) is 5.47. The van der Waals surface area contributed by atoms with E-state index in [2.05, 4.69) is 5.32 Å². The summed E-state index contributed by atoms with van der Waals surface area (Å²) >= 11 is 0. The highest BCUT2D eigenvalue weighted by Gasteiger charge is 2.17. The molecule has 2 rings (SSSR count). The number of hydrogen-bond acceptors (Lipinski definition) is 4. The van der Waals surface area contributed by atoms with E-state index in [9.17, 15) is 9.18 Å². The van der Waals surface area contributed by atoms with Crippen molar-refractivity contribution >= 4 is 17.3 Å². The average Bonchev–Trinajstić information content (AvgIpc) is 2.71. The van der Waals surface area contributed by atoms with Gasteiger partial charge >= 0.3 is 0 Å². The Bertz CT molecular complexity index is 694. The summed E-state index contributed by atoms with van der Waals surface area (Å²) in [6, 6.07) is 4.10. The lowest BCUT2D eigenvalue weighted by Crippen LogP contribution is -2.15. The van der Waals surface area contributed by atoms with Crippen LogP contribution in [-0.4, -0.2) is 5.91 Å². The third-order valence-electron chi connectivity index (χ3n) is 3.32. The number of halogens is 1. The predicted molar refractivity (Wildman–Crippen MR) is 79.6 cm³/mol. The molecule has 1 amide bonds. The minimum atomic E-state index is -0.696. The summed E-state index contributed by atoms with van der Waals surface area (Å²) in [7, 11) is 0. The molecule has 6 heteroatoms. The maximum Gasteiger partial charge on any atom is 0.250 e. The van der Waals surface area contributed by atoms with Gasteiger partial charge in [-0.3, -0.25) is 4.79 Å². The molecule has 1 aromatic carbocycles. The molecule has 1 atom stereocenters. The number of carbonyl (C=O) groups is 1. The first-order valence-electron chi connectivity index (χ1n) is 6.52. The van der Waals surface area contributed by atoms with Crippen molar-refractivity contribution in [3.8, 4) is 0 Å². The van der Waals surface area contributed by atoms with E-state index in [1.54, 1.807) is 0 Å². The van der Waals surface area contributed by atoms with Gasteiger partial charge in [0.05, 0.1) is 17.3 Å². The highest BCUT2D eigenvalue weighted by molar-refractivity contribution is 5.99. The Morgan fingerprint density at radius 1 is 1.33 bits per heavy atom. The van der Waals surface area contributed by atoms with Gasteiger partial charge < -0.3 is 21.2 Å². The molecule has 0 fully saturated rings. The number of aryl methyl sites for hydroxylation is 2. The van der Waals surface area contributed by atoms with Gasteiger partial charge in [0.15, 0.2) is 0 Å². The minimum Gasteiger partial charge on any atom is -0.466 e. The van der Waals surface area contributed by atoms with Crippen LogP contribution in [0.1, 0.15) is 40.4 Å². The second-order valence-corrected chi connectivity index (χ2v) is 5.02. The first kappa shape index (κ1) is 14.9. The molecular weight excluding hydrogens is 273 g/mol. The van der Waals surface area contributed by atoms with Crippen molar-refractivity contribution in [2.75, 3.05) is 11.1 Å². The number of hydrogen-bond donors (Lipinski definition) is 3. The van der Waals surface area contributed by atoms with Gasteiger partial charge in [0.1, 0.15) is 17.3 Å². The Labute approximate surface area is 122 Å². The zero-order chi connectivity index (χ0) is 15.7. The number of carbonyl (C=O) groups excluding carboxylic acids is 1. The highest BCUT2D eigenvalue weighted by Crippen LogP contribution is 2.28. The van der Waals surface area contributed by atoms with Crippen LogP contribution < -0.4 is 16.8 Å². The molecule has 2 aromatic rings. The molecule has 0 bridgehead atoms. The molecule has 0 saturated carbocycles. The van der Waals surface area contributed by atoms with E-state index in [0.29, 0.717) is 0 Å². The summed E-state index contributed by atoms with van der Waals surface area (Å²) in [6.45, 7) is 5.56. The number of nitrogen functional groups attached to an aromatic ring is 1. The first-order chi connectivity index (χ1) is 9.79. The Morgan fingerprint density at radius 2 is 2.00 bits per heavy atom. The number of nitrogens with one attached hydrogen (secondary N) is 1. The fourth-order valence-corrected chi connectivity index (χ4v) is 2.30. The Morgan fingerprint density at radius 3 is 2.52 bits per heavy atom. The van der Waals surface area contributed by atoms with Crippen molar-refractivity contribution in [3.63, 3.8) is 0 Å². The zero-order valence-corrected chi connectivity index (χ0v) is 12.2. The van der Waals surface area contributed by atoms with Crippen LogP contribution in [-0.2, 0) is 0 Å². The van der Waals surface area contributed by atoms with Crippen LogP contribution in [0.25, 0.3) is 0 Å². The van der Waals surface area contributed by atoms with Gasteiger partial charge in [0.2, 0.25) is 0 Å². The number of nitrogens with two attached hydrogens (primary N) is 2. The number of anilines is 2. The lowest BCUT2D eigenvalue weighted by Gasteiger charge is -2.16. The van der Waals surface area contributed by atoms with Gasteiger partial charge in [-0.1, -0.05) is 0 Å². The summed E-state index contributed by atoms with van der Waals surface area (Å²) in [5, 5.41) is 3.00. The number of benzene rings is 1. The summed E-state index contributed by atoms with van der Waals surface area (Å²) in [5.41, 5.74) is 12.0. The first-order valence-corrected chi connectivity index (χ1v) is 6.52. The molecule has 1 heterocycles. The van der Waals surface area contributed by atoms with Crippen LogP contribution in [0, 0.1) is 19.7 Å². The van der Waals surface area contributed by atoms with Gasteiger partial charge in [0.25, 0.3) is 5.91 Å². The minimum absolute atomic E-state index is 0.0218. The monoisotopic (exact) mass is 291 g/mol. The van der Waals surface area contributed by atoms with E-state index < -0.39 is 11.7 Å². The van der Waals surface area contributed by atoms with Crippen LogP contribution in [0.15, 0.2) is 22.6 Å². The lowest BCUT2D eigenvalue weighted by molar-refractivity contribution is 0.100. The van der Waals surface area contributed by atoms with Crippen molar-refractivity contribution < 1.29 is 13.6 Å². The van der Waals surface area contributed by atoms with E-state index in [4.69, 9.17) is 15.9 Å². The van der Waals surface area contributed by atoms with Crippen molar-refractivity contribution in [1.82, 2.24) is 0 Å². The number of rotatable bonds is 4. The molecule has 21 heavy (non-hydrogen) atoms. The topological polar surface area (TPSA) is 94.3 Å². The summed E-state index contributed by atoms with van der Waals surface area (Å²) in [4.78, 5) is 11.3. The normalized spacial score (nSPS) is 12.2. The molecular formula is C15H18FN3O2. The van der Waals surface area contributed by atoms with Crippen LogP contribution in [0.2, 0.25) is 0 Å². The van der Waals surface area contributed by atoms with E-state index in [1.165, 1.54) is 6.07 Å². The predicted octanol–water partition coefficient (Wildman–Crippen LogP) is 2.89. The number of primary amides is 1. The third-order valence-corrected chi connectivity index (χ3v) is 3.32. The van der Waals surface area contributed by atoms with Crippen LogP contribution in [0.3, 0.4) is 0 Å². The zero-order valence-electron chi connectivity index (χ0n) is 12.2.